The SMILES string of the molecule is N#CC(C#N)=C1CC2CCC1C/C2=C\c1cccc2ccccc12. The van der Waals surface area contributed by atoms with Crippen molar-refractivity contribution in [1.82, 2.24) is 0 Å². The van der Waals surface area contributed by atoms with E-state index in [-0.39, 0.29) is 0 Å². The fourth-order valence-corrected chi connectivity index (χ4v) is 4.33. The third kappa shape index (κ3) is 2.41. The lowest BCUT2D eigenvalue weighted by atomic mass is 9.64. The van der Waals surface area contributed by atoms with Crippen LogP contribution in [-0.2, 0) is 0 Å². The number of fused-ring (bicyclic) bond motifs is 4. The second-order valence-corrected chi connectivity index (χ2v) is 6.79. The lowest BCUT2D eigenvalue weighted by Crippen LogP contribution is -2.27. The highest BCUT2D eigenvalue weighted by molar-refractivity contribution is 5.91. The summed E-state index contributed by atoms with van der Waals surface area (Å²) in [4.78, 5) is 0. The summed E-state index contributed by atoms with van der Waals surface area (Å²) in [7, 11) is 0. The van der Waals surface area contributed by atoms with Gasteiger partial charge in [-0.1, -0.05) is 54.1 Å². The molecule has 0 saturated heterocycles. The standard InChI is InChI=1S/C22H18N2/c23-13-20(14-24)22-12-16-8-9-18(22)11-19(16)10-17-6-3-5-15-4-1-2-7-21(15)17/h1-7,10,16,18H,8-9,11-12H2/b19-10+. The minimum absolute atomic E-state index is 0.355. The van der Waals surface area contributed by atoms with Crippen LogP contribution in [0.5, 0.6) is 0 Å². The van der Waals surface area contributed by atoms with E-state index >= 15 is 0 Å². The Bertz CT molecular complexity index is 929. The number of hydrogen-bond acceptors (Lipinski definition) is 2. The summed E-state index contributed by atoms with van der Waals surface area (Å²) >= 11 is 0. The highest BCUT2D eigenvalue weighted by atomic mass is 14.4. The molecule has 3 aliphatic rings. The van der Waals surface area contributed by atoms with Crippen molar-refractivity contribution in [1.29, 1.82) is 10.5 Å². The molecule has 2 heteroatoms. The first-order valence-electron chi connectivity index (χ1n) is 8.51. The van der Waals surface area contributed by atoms with Crippen LogP contribution >= 0.6 is 0 Å². The van der Waals surface area contributed by atoms with Crippen LogP contribution in [0.3, 0.4) is 0 Å². The normalized spacial score (nSPS) is 23.9. The lowest BCUT2D eigenvalue weighted by molar-refractivity contribution is 0.314. The number of rotatable bonds is 1. The van der Waals surface area contributed by atoms with Crippen LogP contribution in [0.25, 0.3) is 16.8 Å². The predicted molar refractivity (Wildman–Crippen MR) is 95.6 cm³/mol. The van der Waals surface area contributed by atoms with Gasteiger partial charge in [0.1, 0.15) is 17.7 Å². The van der Waals surface area contributed by atoms with Gasteiger partial charge in [-0.2, -0.15) is 10.5 Å². The summed E-state index contributed by atoms with van der Waals surface area (Å²) < 4.78 is 0. The summed E-state index contributed by atoms with van der Waals surface area (Å²) in [5, 5.41) is 20.9. The average Bonchev–Trinajstić information content (AvgIpc) is 2.64. The molecule has 0 amide bonds. The molecule has 2 aromatic carbocycles. The van der Waals surface area contributed by atoms with Gasteiger partial charge in [-0.05, 0) is 59.4 Å². The van der Waals surface area contributed by atoms with Crippen LogP contribution in [0.2, 0.25) is 0 Å². The molecule has 0 radical (unpaired) electrons. The number of nitriles is 2. The molecule has 0 spiro atoms. The van der Waals surface area contributed by atoms with E-state index < -0.39 is 0 Å². The largest absolute Gasteiger partial charge is 0.192 e. The predicted octanol–water partition coefficient (Wildman–Crippen LogP) is 5.39. The molecule has 3 fully saturated rings. The summed E-state index contributed by atoms with van der Waals surface area (Å²) in [6.07, 6.45) is 6.52. The third-order valence-corrected chi connectivity index (χ3v) is 5.54. The zero-order chi connectivity index (χ0) is 16.5. The minimum atomic E-state index is 0.355. The third-order valence-electron chi connectivity index (χ3n) is 5.54. The van der Waals surface area contributed by atoms with Gasteiger partial charge in [-0.3, -0.25) is 0 Å². The highest BCUT2D eigenvalue weighted by Gasteiger charge is 2.36. The van der Waals surface area contributed by atoms with E-state index in [1.165, 1.54) is 28.3 Å². The Kier molecular flexibility index (Phi) is 3.68. The monoisotopic (exact) mass is 310 g/mol. The summed E-state index contributed by atoms with van der Waals surface area (Å²) in [5.74, 6) is 0.867. The maximum absolute atomic E-state index is 9.18. The molecule has 0 N–H and O–H groups in total. The van der Waals surface area contributed by atoms with Gasteiger partial charge in [0.05, 0.1) is 0 Å². The van der Waals surface area contributed by atoms with E-state index in [2.05, 4.69) is 60.7 Å². The van der Waals surface area contributed by atoms with Crippen LogP contribution in [0.15, 0.2) is 59.2 Å². The molecule has 0 aromatic heterocycles. The van der Waals surface area contributed by atoms with Crippen molar-refractivity contribution in [3.8, 4) is 12.1 Å². The summed E-state index contributed by atoms with van der Waals surface area (Å²) in [5.41, 5.74) is 4.23. The molecule has 2 nitrogen and oxygen atoms in total. The molecule has 2 bridgehead atoms. The fraction of sp³-hybridized carbons (Fsp3) is 0.273. The molecule has 3 saturated carbocycles. The Hall–Kier alpha value is -2.84. The number of benzene rings is 2. The number of hydrogen-bond donors (Lipinski definition) is 0. The van der Waals surface area contributed by atoms with Crippen molar-refractivity contribution in [2.75, 3.05) is 0 Å². The van der Waals surface area contributed by atoms with Gasteiger partial charge in [-0.25, -0.2) is 0 Å². The molecular formula is C22H18N2. The van der Waals surface area contributed by atoms with Crippen molar-refractivity contribution >= 4 is 16.8 Å². The molecular weight excluding hydrogens is 292 g/mol. The lowest BCUT2D eigenvalue weighted by Gasteiger charge is -2.40. The van der Waals surface area contributed by atoms with Crippen molar-refractivity contribution < 1.29 is 0 Å². The molecule has 116 valence electrons. The molecule has 0 heterocycles. The van der Waals surface area contributed by atoms with Gasteiger partial charge in [-0.15, -0.1) is 0 Å². The Morgan fingerprint density at radius 2 is 1.67 bits per heavy atom. The van der Waals surface area contributed by atoms with Crippen LogP contribution in [0.1, 0.15) is 31.2 Å². The molecule has 24 heavy (non-hydrogen) atoms. The first-order valence-corrected chi connectivity index (χ1v) is 8.51. The number of allylic oxidation sites excluding steroid dienone is 3. The molecule has 3 aliphatic carbocycles. The second-order valence-electron chi connectivity index (χ2n) is 6.79. The van der Waals surface area contributed by atoms with Crippen molar-refractivity contribution in [3.05, 3.63) is 64.7 Å². The minimum Gasteiger partial charge on any atom is -0.192 e. The molecule has 2 aromatic rings. The van der Waals surface area contributed by atoms with Crippen LogP contribution in [0.4, 0.5) is 0 Å². The maximum atomic E-state index is 9.18. The zero-order valence-electron chi connectivity index (χ0n) is 13.5. The van der Waals surface area contributed by atoms with E-state index in [1.807, 2.05) is 0 Å². The van der Waals surface area contributed by atoms with Gasteiger partial charge in [0.2, 0.25) is 0 Å². The van der Waals surface area contributed by atoms with Crippen molar-refractivity contribution in [2.24, 2.45) is 11.8 Å². The van der Waals surface area contributed by atoms with E-state index in [4.69, 9.17) is 0 Å². The van der Waals surface area contributed by atoms with Crippen LogP contribution in [-0.4, -0.2) is 0 Å². The van der Waals surface area contributed by atoms with Crippen molar-refractivity contribution in [2.45, 2.75) is 25.7 Å². The smallest absolute Gasteiger partial charge is 0.129 e. The van der Waals surface area contributed by atoms with E-state index in [0.29, 0.717) is 17.4 Å². The van der Waals surface area contributed by atoms with Gasteiger partial charge < -0.3 is 0 Å². The van der Waals surface area contributed by atoms with E-state index in [1.54, 1.807) is 0 Å². The van der Waals surface area contributed by atoms with E-state index in [0.717, 1.165) is 24.8 Å². The van der Waals surface area contributed by atoms with Crippen molar-refractivity contribution in [3.63, 3.8) is 0 Å². The maximum Gasteiger partial charge on any atom is 0.129 e. The van der Waals surface area contributed by atoms with Crippen LogP contribution < -0.4 is 0 Å². The Balaban J connectivity index is 1.73. The van der Waals surface area contributed by atoms with E-state index in [9.17, 15) is 10.5 Å². The molecule has 0 aliphatic heterocycles. The topological polar surface area (TPSA) is 47.6 Å². The first kappa shape index (κ1) is 14.7. The van der Waals surface area contributed by atoms with Gasteiger partial charge in [0.15, 0.2) is 0 Å². The van der Waals surface area contributed by atoms with Crippen LogP contribution in [0, 0.1) is 34.5 Å². The fourth-order valence-electron chi connectivity index (χ4n) is 4.33. The highest BCUT2D eigenvalue weighted by Crippen LogP contribution is 2.49. The van der Waals surface area contributed by atoms with Gasteiger partial charge in [0.25, 0.3) is 0 Å². The Morgan fingerprint density at radius 1 is 0.917 bits per heavy atom. The van der Waals surface area contributed by atoms with Gasteiger partial charge >= 0.3 is 0 Å². The molecule has 2 unspecified atom stereocenters. The Morgan fingerprint density at radius 3 is 2.42 bits per heavy atom. The zero-order valence-corrected chi connectivity index (χ0v) is 13.5. The number of nitrogens with zero attached hydrogens (tertiary/aromatic N) is 2. The summed E-state index contributed by atoms with van der Waals surface area (Å²) in [6, 6.07) is 19.1. The molecule has 5 rings (SSSR count). The Labute approximate surface area is 142 Å². The first-order chi connectivity index (χ1) is 11.8. The van der Waals surface area contributed by atoms with Gasteiger partial charge in [0, 0.05) is 0 Å². The average molecular weight is 310 g/mol. The summed E-state index contributed by atoms with van der Waals surface area (Å²) in [6.45, 7) is 0. The quantitative estimate of drug-likeness (QED) is 0.663. The molecule has 2 atom stereocenters. The second kappa shape index (κ2) is 5.99.